The van der Waals surface area contributed by atoms with Crippen LogP contribution in [0.1, 0.15) is 11.3 Å². The first-order chi connectivity index (χ1) is 13.0. The number of aryl methyl sites for hydroxylation is 1. The summed E-state index contributed by atoms with van der Waals surface area (Å²) in [5.74, 6) is 0.575. The van der Waals surface area contributed by atoms with E-state index in [-0.39, 0.29) is 11.8 Å². The Morgan fingerprint density at radius 3 is 2.89 bits per heavy atom. The van der Waals surface area contributed by atoms with Crippen LogP contribution in [-0.2, 0) is 6.61 Å². The molecule has 4 rings (SSSR count). The number of benzene rings is 1. The summed E-state index contributed by atoms with van der Waals surface area (Å²) in [6.07, 6.45) is 6.59. The molecule has 0 radical (unpaired) electrons. The number of ether oxygens (including phenoxy) is 1. The number of fused-ring (bicyclic) bond motifs is 1. The summed E-state index contributed by atoms with van der Waals surface area (Å²) >= 11 is 12.2. The third kappa shape index (κ3) is 3.29. The number of halogens is 2. The molecule has 27 heavy (non-hydrogen) atoms. The minimum atomic E-state index is -0.00835. The van der Waals surface area contributed by atoms with Gasteiger partial charge in [0.05, 0.1) is 22.6 Å². The summed E-state index contributed by atoms with van der Waals surface area (Å²) in [7, 11) is 0. The molecule has 0 spiro atoms. The summed E-state index contributed by atoms with van der Waals surface area (Å²) in [6, 6.07) is 9.15. The Morgan fingerprint density at radius 2 is 2.11 bits per heavy atom. The van der Waals surface area contributed by atoms with Gasteiger partial charge in [0.25, 0.3) is 5.15 Å². The van der Waals surface area contributed by atoms with Crippen LogP contribution in [0.2, 0.25) is 10.2 Å². The number of para-hydroxylation sites is 1. The molecule has 0 saturated heterocycles. The minimum absolute atomic E-state index is 0.00835. The zero-order valence-electron chi connectivity index (χ0n) is 14.3. The first kappa shape index (κ1) is 17.6. The molecule has 136 valence electrons. The van der Waals surface area contributed by atoms with Gasteiger partial charge in [-0.2, -0.15) is 4.73 Å². The van der Waals surface area contributed by atoms with Gasteiger partial charge in [-0.25, -0.2) is 9.97 Å². The SMILES string of the molecule is Cc1cc(-n2ccnc2)c2cccc(OCc3c(Cl)cc[n+]([O-])c3Cl)c2n1. The van der Waals surface area contributed by atoms with Gasteiger partial charge >= 0.3 is 0 Å². The Bertz CT molecular complexity index is 1130. The molecule has 0 saturated carbocycles. The molecule has 4 aromatic rings. The van der Waals surface area contributed by atoms with E-state index in [9.17, 15) is 5.21 Å². The van der Waals surface area contributed by atoms with E-state index >= 15 is 0 Å². The van der Waals surface area contributed by atoms with Crippen molar-refractivity contribution in [2.45, 2.75) is 13.5 Å². The third-order valence-electron chi connectivity index (χ3n) is 4.15. The molecule has 8 heteroatoms. The Hall–Kier alpha value is -2.83. The maximum atomic E-state index is 11.7. The highest BCUT2D eigenvalue weighted by Crippen LogP contribution is 2.31. The van der Waals surface area contributed by atoms with Crippen LogP contribution in [0, 0.1) is 12.1 Å². The smallest absolute Gasteiger partial charge is 0.294 e. The van der Waals surface area contributed by atoms with Crippen LogP contribution in [0.25, 0.3) is 16.6 Å². The van der Waals surface area contributed by atoms with Gasteiger partial charge < -0.3 is 14.5 Å². The third-order valence-corrected chi connectivity index (χ3v) is 4.90. The summed E-state index contributed by atoms with van der Waals surface area (Å²) in [5, 5.41) is 13.0. The molecule has 0 N–H and O–H groups in total. The number of imidazole rings is 1. The second-order valence-electron chi connectivity index (χ2n) is 5.95. The predicted octanol–water partition coefficient (Wildman–Crippen LogP) is 4.25. The quantitative estimate of drug-likeness (QED) is 0.291. The first-order valence-electron chi connectivity index (χ1n) is 8.12. The van der Waals surface area contributed by atoms with E-state index in [0.717, 1.165) is 16.8 Å². The molecule has 0 atom stereocenters. The van der Waals surface area contributed by atoms with Gasteiger partial charge in [0.15, 0.2) is 6.20 Å². The van der Waals surface area contributed by atoms with Crippen molar-refractivity contribution < 1.29 is 9.47 Å². The fourth-order valence-corrected chi connectivity index (χ4v) is 3.33. The summed E-state index contributed by atoms with van der Waals surface area (Å²) in [5.41, 5.74) is 2.93. The molecule has 0 amide bonds. The van der Waals surface area contributed by atoms with Gasteiger partial charge in [0.1, 0.15) is 17.9 Å². The van der Waals surface area contributed by atoms with E-state index in [4.69, 9.17) is 27.9 Å². The Balaban J connectivity index is 1.77. The number of nitrogens with zero attached hydrogens (tertiary/aromatic N) is 4. The largest absolute Gasteiger partial charge is 0.618 e. The van der Waals surface area contributed by atoms with Crippen molar-refractivity contribution in [3.05, 3.63) is 81.9 Å². The number of pyridine rings is 2. The van der Waals surface area contributed by atoms with Crippen LogP contribution >= 0.6 is 23.2 Å². The average Bonchev–Trinajstić information content (AvgIpc) is 3.19. The van der Waals surface area contributed by atoms with E-state index in [1.54, 1.807) is 12.5 Å². The van der Waals surface area contributed by atoms with Crippen molar-refractivity contribution in [2.24, 2.45) is 0 Å². The lowest BCUT2D eigenvalue weighted by atomic mass is 10.1. The number of hydrogen-bond acceptors (Lipinski definition) is 4. The molecule has 0 aliphatic heterocycles. The zero-order chi connectivity index (χ0) is 19.0. The fraction of sp³-hybridized carbons (Fsp3) is 0.105. The molecule has 6 nitrogen and oxygen atoms in total. The summed E-state index contributed by atoms with van der Waals surface area (Å²) in [4.78, 5) is 8.74. The minimum Gasteiger partial charge on any atom is -0.618 e. The van der Waals surface area contributed by atoms with Gasteiger partial charge in [-0.3, -0.25) is 0 Å². The van der Waals surface area contributed by atoms with E-state index in [1.165, 1.54) is 12.3 Å². The van der Waals surface area contributed by atoms with Crippen LogP contribution in [0.3, 0.4) is 0 Å². The lowest BCUT2D eigenvalue weighted by molar-refractivity contribution is -0.603. The Morgan fingerprint density at radius 1 is 1.26 bits per heavy atom. The van der Waals surface area contributed by atoms with Crippen LogP contribution in [0.15, 0.2) is 55.2 Å². The molecule has 3 heterocycles. The van der Waals surface area contributed by atoms with Gasteiger partial charge in [0, 0.05) is 29.5 Å². The van der Waals surface area contributed by atoms with Crippen molar-refractivity contribution in [3.63, 3.8) is 0 Å². The molecule has 0 fully saturated rings. The van der Waals surface area contributed by atoms with E-state index < -0.39 is 0 Å². The highest BCUT2D eigenvalue weighted by molar-refractivity contribution is 6.34. The summed E-state index contributed by atoms with van der Waals surface area (Å²) < 4.78 is 8.41. The Kier molecular flexibility index (Phi) is 4.59. The molecular formula is C19H14Cl2N4O2. The lowest BCUT2D eigenvalue weighted by Crippen LogP contribution is -2.28. The van der Waals surface area contributed by atoms with Crippen molar-refractivity contribution in [2.75, 3.05) is 0 Å². The van der Waals surface area contributed by atoms with Crippen LogP contribution in [0.5, 0.6) is 5.75 Å². The van der Waals surface area contributed by atoms with Gasteiger partial charge in [-0.05, 0) is 30.7 Å². The molecule has 0 aliphatic carbocycles. The zero-order valence-corrected chi connectivity index (χ0v) is 15.8. The highest BCUT2D eigenvalue weighted by atomic mass is 35.5. The Labute approximate surface area is 165 Å². The number of rotatable bonds is 4. The van der Waals surface area contributed by atoms with Crippen molar-refractivity contribution >= 4 is 34.1 Å². The molecule has 0 aliphatic rings. The van der Waals surface area contributed by atoms with Gasteiger partial charge in [0.2, 0.25) is 0 Å². The maximum Gasteiger partial charge on any atom is 0.294 e. The highest BCUT2D eigenvalue weighted by Gasteiger charge is 2.16. The predicted molar refractivity (Wildman–Crippen MR) is 103 cm³/mol. The van der Waals surface area contributed by atoms with Gasteiger partial charge in [-0.15, -0.1) is 0 Å². The molecule has 0 unspecified atom stereocenters. The van der Waals surface area contributed by atoms with Crippen LogP contribution in [0.4, 0.5) is 0 Å². The van der Waals surface area contributed by atoms with Crippen molar-refractivity contribution in [3.8, 4) is 11.4 Å². The van der Waals surface area contributed by atoms with Crippen LogP contribution in [-0.4, -0.2) is 14.5 Å². The average molecular weight is 401 g/mol. The number of hydrogen-bond donors (Lipinski definition) is 0. The monoisotopic (exact) mass is 400 g/mol. The normalized spacial score (nSPS) is 11.1. The number of aromatic nitrogens is 4. The fourth-order valence-electron chi connectivity index (χ4n) is 2.87. The van der Waals surface area contributed by atoms with Crippen molar-refractivity contribution in [1.29, 1.82) is 0 Å². The molecule has 3 aromatic heterocycles. The maximum absolute atomic E-state index is 11.7. The molecule has 0 bridgehead atoms. The van der Waals surface area contributed by atoms with E-state index in [1.807, 2.05) is 42.0 Å². The molecule has 1 aromatic carbocycles. The van der Waals surface area contributed by atoms with E-state index in [0.29, 0.717) is 26.6 Å². The lowest BCUT2D eigenvalue weighted by Gasteiger charge is -2.13. The topological polar surface area (TPSA) is 66.9 Å². The van der Waals surface area contributed by atoms with Crippen molar-refractivity contribution in [1.82, 2.24) is 14.5 Å². The molecular weight excluding hydrogens is 387 g/mol. The van der Waals surface area contributed by atoms with Crippen LogP contribution < -0.4 is 9.47 Å². The second-order valence-corrected chi connectivity index (χ2v) is 6.72. The summed E-state index contributed by atoms with van der Waals surface area (Å²) in [6.45, 7) is 1.97. The van der Waals surface area contributed by atoms with E-state index in [2.05, 4.69) is 9.97 Å². The standard InChI is InChI=1S/C19H14Cl2N4O2/c1-12-9-16(24-8-6-22-11-24)13-3-2-4-17(18(13)23-12)27-10-14-15(20)5-7-25(26)19(14)21/h2-9,11H,10H2,1H3. The first-order valence-corrected chi connectivity index (χ1v) is 8.87. The van der Waals surface area contributed by atoms with Gasteiger partial charge in [-0.1, -0.05) is 23.7 Å². The second kappa shape index (κ2) is 7.06.